The van der Waals surface area contributed by atoms with Crippen molar-refractivity contribution < 1.29 is 14.4 Å². The zero-order valence-corrected chi connectivity index (χ0v) is 23.9. The van der Waals surface area contributed by atoms with Gasteiger partial charge < -0.3 is 9.88 Å². The topological polar surface area (TPSA) is 81.1 Å². The molecule has 202 valence electrons. The lowest BCUT2D eigenvalue weighted by atomic mass is 9.86. The fourth-order valence-electron chi connectivity index (χ4n) is 5.24. The minimum Gasteiger partial charge on any atom is -0.349 e. The van der Waals surface area contributed by atoms with Crippen LogP contribution < -0.4 is 5.32 Å². The Hall–Kier alpha value is -2.72. The van der Waals surface area contributed by atoms with Gasteiger partial charge in [0.05, 0.1) is 5.56 Å². The highest BCUT2D eigenvalue weighted by atomic mass is 16.2. The standard InChI is InChI=1S/C30H45N3O.CO2/c1-20-24(28(34)31-23-14-11-15-23)18-25(33(20)19-21-12-9-8-10-13-21)22-16-26(29(2,3)4)32-27(17-22)30(5,6)7;2-1-3/h16-18,21,23H,8-15,19H2,1-7H3,(H,31,34);. The van der Waals surface area contributed by atoms with Crippen molar-refractivity contribution >= 4 is 12.1 Å². The van der Waals surface area contributed by atoms with Crippen LogP contribution in [0.1, 0.15) is 120 Å². The van der Waals surface area contributed by atoms with Crippen LogP contribution in [0.3, 0.4) is 0 Å². The lowest BCUT2D eigenvalue weighted by Gasteiger charge is -2.27. The van der Waals surface area contributed by atoms with Gasteiger partial charge in [0.1, 0.15) is 0 Å². The Morgan fingerprint density at radius 1 is 0.919 bits per heavy atom. The van der Waals surface area contributed by atoms with Crippen LogP contribution in [0.4, 0.5) is 0 Å². The molecular formula is C31H45N3O3. The van der Waals surface area contributed by atoms with Crippen LogP contribution in [0, 0.1) is 12.8 Å². The van der Waals surface area contributed by atoms with Crippen molar-refractivity contribution in [1.29, 1.82) is 0 Å². The molecule has 4 rings (SSSR count). The summed E-state index contributed by atoms with van der Waals surface area (Å²) in [6.45, 7) is 16.5. The first-order chi connectivity index (χ1) is 17.3. The van der Waals surface area contributed by atoms with Gasteiger partial charge in [0.15, 0.2) is 0 Å². The van der Waals surface area contributed by atoms with E-state index >= 15 is 0 Å². The van der Waals surface area contributed by atoms with Gasteiger partial charge in [0.25, 0.3) is 5.91 Å². The van der Waals surface area contributed by atoms with E-state index in [0.29, 0.717) is 12.0 Å². The van der Waals surface area contributed by atoms with E-state index in [-0.39, 0.29) is 22.9 Å². The molecule has 0 saturated heterocycles. The van der Waals surface area contributed by atoms with E-state index in [9.17, 15) is 4.79 Å². The maximum atomic E-state index is 13.3. The van der Waals surface area contributed by atoms with Crippen LogP contribution in [0.15, 0.2) is 18.2 Å². The Balaban J connectivity index is 0.00000121. The first-order valence-corrected chi connectivity index (χ1v) is 13.9. The lowest BCUT2D eigenvalue weighted by Crippen LogP contribution is -2.39. The summed E-state index contributed by atoms with van der Waals surface area (Å²) < 4.78 is 2.44. The number of carbonyl (C=O) groups is 1. The average Bonchev–Trinajstić information content (AvgIpc) is 3.12. The highest BCUT2D eigenvalue weighted by Gasteiger charge is 2.28. The summed E-state index contributed by atoms with van der Waals surface area (Å²) in [6, 6.07) is 7.02. The second kappa shape index (κ2) is 11.8. The summed E-state index contributed by atoms with van der Waals surface area (Å²) >= 11 is 0. The summed E-state index contributed by atoms with van der Waals surface area (Å²) in [5, 5.41) is 3.28. The molecule has 0 bridgehead atoms. The van der Waals surface area contributed by atoms with E-state index in [1.54, 1.807) is 0 Å². The molecule has 37 heavy (non-hydrogen) atoms. The number of aromatic nitrogens is 2. The second-order valence-electron chi connectivity index (χ2n) is 13.0. The molecule has 0 atom stereocenters. The molecule has 2 saturated carbocycles. The number of hydrogen-bond donors (Lipinski definition) is 1. The fourth-order valence-corrected chi connectivity index (χ4v) is 5.24. The number of amides is 1. The molecule has 1 N–H and O–H groups in total. The third-order valence-electron chi connectivity index (χ3n) is 7.88. The number of hydrogen-bond acceptors (Lipinski definition) is 4. The van der Waals surface area contributed by atoms with Crippen LogP contribution in [0.2, 0.25) is 0 Å². The Labute approximate surface area is 222 Å². The molecule has 2 fully saturated rings. The van der Waals surface area contributed by atoms with Gasteiger partial charge in [-0.05, 0) is 63.1 Å². The highest BCUT2D eigenvalue weighted by Crippen LogP contribution is 2.35. The molecule has 6 heteroatoms. The van der Waals surface area contributed by atoms with Crippen LogP contribution in [-0.2, 0) is 27.0 Å². The van der Waals surface area contributed by atoms with Gasteiger partial charge in [-0.2, -0.15) is 9.59 Å². The van der Waals surface area contributed by atoms with E-state index in [0.717, 1.165) is 42.0 Å². The number of rotatable bonds is 5. The minimum absolute atomic E-state index is 0.0454. The molecule has 0 unspecified atom stereocenters. The van der Waals surface area contributed by atoms with E-state index in [4.69, 9.17) is 14.6 Å². The molecule has 0 spiro atoms. The van der Waals surface area contributed by atoms with Gasteiger partial charge in [-0.3, -0.25) is 9.78 Å². The number of nitrogens with zero attached hydrogens (tertiary/aromatic N) is 2. The summed E-state index contributed by atoms with van der Waals surface area (Å²) in [5.41, 5.74) is 6.42. The third kappa shape index (κ3) is 7.19. The van der Waals surface area contributed by atoms with Crippen molar-refractivity contribution in [3.63, 3.8) is 0 Å². The van der Waals surface area contributed by atoms with Gasteiger partial charge in [-0.15, -0.1) is 0 Å². The molecular weight excluding hydrogens is 462 g/mol. The Morgan fingerprint density at radius 2 is 1.46 bits per heavy atom. The molecule has 6 nitrogen and oxygen atoms in total. The van der Waals surface area contributed by atoms with Gasteiger partial charge >= 0.3 is 6.15 Å². The maximum absolute atomic E-state index is 13.3. The normalized spacial score (nSPS) is 16.8. The smallest absolute Gasteiger partial charge is 0.349 e. The molecule has 2 heterocycles. The van der Waals surface area contributed by atoms with Crippen LogP contribution in [0.25, 0.3) is 11.3 Å². The van der Waals surface area contributed by atoms with Gasteiger partial charge in [0.2, 0.25) is 0 Å². The fraction of sp³-hybridized carbons (Fsp3) is 0.645. The predicted octanol–water partition coefficient (Wildman–Crippen LogP) is 6.73. The van der Waals surface area contributed by atoms with Crippen molar-refractivity contribution in [3.05, 3.63) is 40.8 Å². The summed E-state index contributed by atoms with van der Waals surface area (Å²) in [7, 11) is 0. The monoisotopic (exact) mass is 507 g/mol. The molecule has 1 amide bonds. The first kappa shape index (κ1) is 28.8. The van der Waals surface area contributed by atoms with Crippen LogP contribution >= 0.6 is 0 Å². The molecule has 0 radical (unpaired) electrons. The Bertz CT molecular complexity index is 1090. The molecule has 2 aliphatic rings. The number of carbonyl (C=O) groups excluding carboxylic acids is 3. The van der Waals surface area contributed by atoms with Crippen molar-refractivity contribution in [3.8, 4) is 11.3 Å². The zero-order chi connectivity index (χ0) is 27.4. The average molecular weight is 508 g/mol. The Kier molecular flexibility index (Phi) is 9.18. The largest absolute Gasteiger partial charge is 0.373 e. The molecule has 2 aromatic heterocycles. The van der Waals surface area contributed by atoms with Crippen LogP contribution in [-0.4, -0.2) is 27.7 Å². The summed E-state index contributed by atoms with van der Waals surface area (Å²) in [5.74, 6) is 0.777. The van der Waals surface area contributed by atoms with Crippen molar-refractivity contribution in [2.45, 2.75) is 123 Å². The molecule has 0 aromatic carbocycles. The van der Waals surface area contributed by atoms with E-state index in [1.807, 2.05) is 0 Å². The SMILES string of the molecule is Cc1c(C(=O)NC2CCC2)cc(-c2cc(C(C)(C)C)nc(C(C)(C)C)c2)n1CC1CCCCC1.O=C=O. The second-order valence-corrected chi connectivity index (χ2v) is 13.0. The first-order valence-electron chi connectivity index (χ1n) is 13.9. The van der Waals surface area contributed by atoms with Crippen molar-refractivity contribution in [1.82, 2.24) is 14.9 Å². The lowest BCUT2D eigenvalue weighted by molar-refractivity contribution is -0.191. The van der Waals surface area contributed by atoms with E-state index in [2.05, 4.69) is 76.5 Å². The van der Waals surface area contributed by atoms with Crippen molar-refractivity contribution in [2.75, 3.05) is 0 Å². The minimum atomic E-state index is -0.0454. The van der Waals surface area contributed by atoms with E-state index < -0.39 is 0 Å². The predicted molar refractivity (Wildman–Crippen MR) is 146 cm³/mol. The highest BCUT2D eigenvalue weighted by molar-refractivity contribution is 5.97. The van der Waals surface area contributed by atoms with Crippen LogP contribution in [0.5, 0.6) is 0 Å². The van der Waals surface area contributed by atoms with Gasteiger partial charge in [0, 0.05) is 51.8 Å². The maximum Gasteiger partial charge on any atom is 0.373 e. The van der Waals surface area contributed by atoms with Gasteiger partial charge in [-0.25, -0.2) is 0 Å². The van der Waals surface area contributed by atoms with Crippen molar-refractivity contribution in [2.24, 2.45) is 5.92 Å². The Morgan fingerprint density at radius 3 is 1.92 bits per heavy atom. The van der Waals surface area contributed by atoms with E-state index in [1.165, 1.54) is 49.8 Å². The number of nitrogens with one attached hydrogen (secondary N) is 1. The number of pyridine rings is 1. The zero-order valence-electron chi connectivity index (χ0n) is 23.9. The molecule has 2 aromatic rings. The quantitative estimate of drug-likeness (QED) is 0.486. The molecule has 0 aliphatic heterocycles. The summed E-state index contributed by atoms with van der Waals surface area (Å²) in [6.07, 6.45) is 10.3. The summed E-state index contributed by atoms with van der Waals surface area (Å²) in [4.78, 5) is 34.6. The third-order valence-corrected chi connectivity index (χ3v) is 7.88. The molecule has 2 aliphatic carbocycles. The van der Waals surface area contributed by atoms with Gasteiger partial charge in [-0.1, -0.05) is 60.8 Å².